The van der Waals surface area contributed by atoms with Gasteiger partial charge in [-0.25, -0.2) is 4.79 Å². The molecule has 110 valence electrons. The number of fused-ring (bicyclic) bond motifs is 1. The first kappa shape index (κ1) is 15.0. The second kappa shape index (κ2) is 6.39. The van der Waals surface area contributed by atoms with Gasteiger partial charge in [0, 0.05) is 5.92 Å². The third-order valence-corrected chi connectivity index (χ3v) is 3.73. The molecule has 0 aliphatic heterocycles. The molecule has 0 atom stereocenters. The minimum atomic E-state index is -1.04. The van der Waals surface area contributed by atoms with Crippen molar-refractivity contribution in [1.82, 2.24) is 0 Å². The second-order valence-corrected chi connectivity index (χ2v) is 5.05. The van der Waals surface area contributed by atoms with E-state index in [1.807, 2.05) is 38.1 Å². The van der Waals surface area contributed by atoms with E-state index in [0.717, 1.165) is 23.6 Å². The van der Waals surface area contributed by atoms with E-state index < -0.39 is 5.97 Å². The van der Waals surface area contributed by atoms with E-state index in [9.17, 15) is 14.7 Å². The Morgan fingerprint density at radius 2 is 1.67 bits per heavy atom. The van der Waals surface area contributed by atoms with Crippen LogP contribution < -0.4 is 5.32 Å². The molecular weight excluding hydrogens is 266 g/mol. The molecule has 0 fully saturated rings. The first-order valence-corrected chi connectivity index (χ1v) is 7.13. The smallest absolute Gasteiger partial charge is 0.337 e. The van der Waals surface area contributed by atoms with E-state index in [1.54, 1.807) is 12.1 Å². The lowest BCUT2D eigenvalue weighted by Crippen LogP contribution is -2.23. The zero-order valence-corrected chi connectivity index (χ0v) is 12.2. The molecule has 2 aromatic carbocycles. The molecular formula is C17H19NO3. The molecule has 0 radical (unpaired) electrons. The number of hydrogen-bond donors (Lipinski definition) is 2. The molecule has 2 rings (SSSR count). The summed E-state index contributed by atoms with van der Waals surface area (Å²) in [5.41, 5.74) is 0.478. The maximum atomic E-state index is 12.2. The number of nitrogens with one attached hydrogen (secondary N) is 1. The number of anilines is 1. The molecule has 2 aromatic rings. The minimum absolute atomic E-state index is 0.0990. The Kier molecular flexibility index (Phi) is 4.58. The van der Waals surface area contributed by atoms with Crippen LogP contribution in [-0.4, -0.2) is 17.0 Å². The fraction of sp³-hybridized carbons (Fsp3) is 0.294. The summed E-state index contributed by atoms with van der Waals surface area (Å²) < 4.78 is 0. The van der Waals surface area contributed by atoms with Crippen molar-refractivity contribution in [3.63, 3.8) is 0 Å². The number of rotatable bonds is 5. The second-order valence-electron chi connectivity index (χ2n) is 5.05. The molecule has 2 N–H and O–H groups in total. The highest BCUT2D eigenvalue weighted by molar-refractivity contribution is 6.05. The van der Waals surface area contributed by atoms with E-state index >= 15 is 0 Å². The molecule has 21 heavy (non-hydrogen) atoms. The fourth-order valence-electron chi connectivity index (χ4n) is 2.41. The third-order valence-electron chi connectivity index (χ3n) is 3.73. The van der Waals surface area contributed by atoms with Crippen molar-refractivity contribution < 1.29 is 14.7 Å². The zero-order chi connectivity index (χ0) is 15.4. The zero-order valence-electron chi connectivity index (χ0n) is 12.2. The highest BCUT2D eigenvalue weighted by Crippen LogP contribution is 2.25. The third kappa shape index (κ3) is 3.21. The SMILES string of the molecule is CCC(CC)C(=O)Nc1cc2ccccc2cc1C(=O)O. The van der Waals surface area contributed by atoms with Gasteiger partial charge in [-0.15, -0.1) is 0 Å². The molecule has 0 saturated carbocycles. The lowest BCUT2D eigenvalue weighted by Gasteiger charge is -2.15. The van der Waals surface area contributed by atoms with Gasteiger partial charge in [0.1, 0.15) is 0 Å². The molecule has 0 saturated heterocycles. The van der Waals surface area contributed by atoms with E-state index in [4.69, 9.17) is 0 Å². The fourth-order valence-corrected chi connectivity index (χ4v) is 2.41. The molecule has 4 heteroatoms. The molecule has 0 aliphatic rings. The van der Waals surface area contributed by atoms with Crippen LogP contribution in [0.4, 0.5) is 5.69 Å². The Morgan fingerprint density at radius 1 is 1.10 bits per heavy atom. The van der Waals surface area contributed by atoms with Crippen LogP contribution in [0, 0.1) is 5.92 Å². The van der Waals surface area contributed by atoms with Crippen LogP contribution in [0.15, 0.2) is 36.4 Å². The van der Waals surface area contributed by atoms with Gasteiger partial charge in [-0.2, -0.15) is 0 Å². The summed E-state index contributed by atoms with van der Waals surface area (Å²) in [6.07, 6.45) is 1.47. The molecule has 0 aliphatic carbocycles. The van der Waals surface area contributed by atoms with Crippen LogP contribution >= 0.6 is 0 Å². The van der Waals surface area contributed by atoms with Gasteiger partial charge in [-0.3, -0.25) is 4.79 Å². The number of hydrogen-bond acceptors (Lipinski definition) is 2. The number of carbonyl (C=O) groups is 2. The highest BCUT2D eigenvalue weighted by atomic mass is 16.4. The van der Waals surface area contributed by atoms with E-state index in [-0.39, 0.29) is 17.4 Å². The van der Waals surface area contributed by atoms with E-state index in [2.05, 4.69) is 5.32 Å². The predicted octanol–water partition coefficient (Wildman–Crippen LogP) is 3.91. The Hall–Kier alpha value is -2.36. The van der Waals surface area contributed by atoms with Crippen molar-refractivity contribution in [1.29, 1.82) is 0 Å². The van der Waals surface area contributed by atoms with Gasteiger partial charge in [-0.05, 0) is 35.7 Å². The summed E-state index contributed by atoms with van der Waals surface area (Å²) >= 11 is 0. The Bertz CT molecular complexity index is 675. The first-order chi connectivity index (χ1) is 10.1. The number of aromatic carboxylic acids is 1. The molecule has 0 spiro atoms. The Balaban J connectivity index is 2.44. The first-order valence-electron chi connectivity index (χ1n) is 7.13. The normalized spacial score (nSPS) is 10.8. The summed E-state index contributed by atoms with van der Waals surface area (Å²) in [6.45, 7) is 3.90. The monoisotopic (exact) mass is 285 g/mol. The van der Waals surface area contributed by atoms with Crippen molar-refractivity contribution in [3.8, 4) is 0 Å². The quantitative estimate of drug-likeness (QED) is 0.875. The standard InChI is InChI=1S/C17H19NO3/c1-3-11(4-2)16(19)18-15-10-13-8-6-5-7-12(13)9-14(15)17(20)21/h5-11H,3-4H2,1-2H3,(H,18,19)(H,20,21). The summed E-state index contributed by atoms with van der Waals surface area (Å²) in [7, 11) is 0. The molecule has 1 amide bonds. The topological polar surface area (TPSA) is 66.4 Å². The van der Waals surface area contributed by atoms with Crippen LogP contribution in [0.3, 0.4) is 0 Å². The lowest BCUT2D eigenvalue weighted by atomic mass is 10.0. The molecule has 0 bridgehead atoms. The van der Waals surface area contributed by atoms with E-state index in [1.165, 1.54) is 0 Å². The van der Waals surface area contributed by atoms with Crippen molar-refractivity contribution >= 4 is 28.3 Å². The van der Waals surface area contributed by atoms with Crippen molar-refractivity contribution in [2.24, 2.45) is 5.92 Å². The molecule has 0 heterocycles. The van der Waals surface area contributed by atoms with Crippen molar-refractivity contribution in [2.45, 2.75) is 26.7 Å². The number of carboxylic acids is 1. The number of benzene rings is 2. The summed E-state index contributed by atoms with van der Waals surface area (Å²) in [5, 5.41) is 13.9. The summed E-state index contributed by atoms with van der Waals surface area (Å²) in [5.74, 6) is -1.27. The van der Waals surface area contributed by atoms with Gasteiger partial charge >= 0.3 is 5.97 Å². The number of carbonyl (C=O) groups excluding carboxylic acids is 1. The van der Waals surface area contributed by atoms with Crippen LogP contribution in [0.5, 0.6) is 0 Å². The van der Waals surface area contributed by atoms with Gasteiger partial charge in [0.05, 0.1) is 11.3 Å². The molecule has 0 aromatic heterocycles. The van der Waals surface area contributed by atoms with Gasteiger partial charge in [0.25, 0.3) is 0 Å². The van der Waals surface area contributed by atoms with Crippen LogP contribution in [-0.2, 0) is 4.79 Å². The predicted molar refractivity (Wildman–Crippen MR) is 83.6 cm³/mol. The van der Waals surface area contributed by atoms with Crippen molar-refractivity contribution in [3.05, 3.63) is 42.0 Å². The Labute approximate surface area is 123 Å². The van der Waals surface area contributed by atoms with Crippen LogP contribution in [0.1, 0.15) is 37.0 Å². The number of amides is 1. The highest BCUT2D eigenvalue weighted by Gasteiger charge is 2.18. The maximum Gasteiger partial charge on any atom is 0.337 e. The van der Waals surface area contributed by atoms with Gasteiger partial charge in [0.15, 0.2) is 0 Å². The molecule has 4 nitrogen and oxygen atoms in total. The summed E-state index contributed by atoms with van der Waals surface area (Å²) in [6, 6.07) is 10.8. The van der Waals surface area contributed by atoms with Crippen LogP contribution in [0.2, 0.25) is 0 Å². The molecule has 0 unspecified atom stereocenters. The minimum Gasteiger partial charge on any atom is -0.478 e. The average molecular weight is 285 g/mol. The van der Waals surface area contributed by atoms with Gasteiger partial charge < -0.3 is 10.4 Å². The summed E-state index contributed by atoms with van der Waals surface area (Å²) in [4.78, 5) is 23.6. The largest absolute Gasteiger partial charge is 0.478 e. The van der Waals surface area contributed by atoms with Crippen molar-refractivity contribution in [2.75, 3.05) is 5.32 Å². The van der Waals surface area contributed by atoms with Gasteiger partial charge in [0.2, 0.25) is 5.91 Å². The van der Waals surface area contributed by atoms with E-state index in [0.29, 0.717) is 5.69 Å². The maximum absolute atomic E-state index is 12.2. The average Bonchev–Trinajstić information content (AvgIpc) is 2.47. The van der Waals surface area contributed by atoms with Crippen LogP contribution in [0.25, 0.3) is 10.8 Å². The van der Waals surface area contributed by atoms with Gasteiger partial charge in [-0.1, -0.05) is 38.1 Å². The number of carboxylic acid groups (broad SMARTS) is 1. The Morgan fingerprint density at radius 3 is 2.19 bits per heavy atom. The lowest BCUT2D eigenvalue weighted by molar-refractivity contribution is -0.120.